The molecule has 0 bridgehead atoms. The molecule has 0 amide bonds. The van der Waals surface area contributed by atoms with Gasteiger partial charge in [-0.1, -0.05) is 13.0 Å². The molecule has 0 atom stereocenters. The van der Waals surface area contributed by atoms with Gasteiger partial charge in [0.1, 0.15) is 0 Å². The second-order valence-corrected chi connectivity index (χ2v) is 6.09. The molecule has 0 radical (unpaired) electrons. The van der Waals surface area contributed by atoms with Crippen molar-refractivity contribution in [2.45, 2.75) is 11.8 Å². The smallest absolute Gasteiger partial charge is 0.734 e. The van der Waals surface area contributed by atoms with Crippen molar-refractivity contribution in [3.8, 4) is 0 Å². The van der Waals surface area contributed by atoms with E-state index in [2.05, 4.69) is 10.1 Å². The fraction of sp³-hybridized carbons (Fsp3) is 0.250. The first-order valence-electron chi connectivity index (χ1n) is 4.83. The van der Waals surface area contributed by atoms with Crippen LogP contribution < -0.4 is 44.5 Å². The van der Waals surface area contributed by atoms with Crippen LogP contribution in [0.4, 0.5) is 5.69 Å². The molecule has 3 N–H and O–H groups in total. The quantitative estimate of drug-likeness (QED) is 0.282. The van der Waals surface area contributed by atoms with Gasteiger partial charge in [0.15, 0.2) is 10.3 Å². The van der Waals surface area contributed by atoms with E-state index in [9.17, 15) is 21.4 Å². The topological polar surface area (TPSA) is 127 Å². The van der Waals surface area contributed by atoms with E-state index >= 15 is 0 Å². The Morgan fingerprint density at radius 3 is 2.37 bits per heavy atom. The normalized spacial score (nSPS) is 11.7. The first-order valence-corrected chi connectivity index (χ1v) is 7.72. The zero-order chi connectivity index (χ0) is 13.8. The van der Waals surface area contributed by atoms with E-state index in [1.165, 1.54) is 29.1 Å². The minimum atomic E-state index is -4.66. The fourth-order valence-corrected chi connectivity index (χ4v) is 2.47. The molecule has 0 aliphatic heterocycles. The summed E-state index contributed by atoms with van der Waals surface area (Å²) in [5, 5.41) is 0. The first-order chi connectivity index (χ1) is 8.24. The van der Waals surface area contributed by atoms with Crippen molar-refractivity contribution in [3.63, 3.8) is 0 Å². The molecule has 0 saturated carbocycles. The van der Waals surface area contributed by atoms with Crippen molar-refractivity contribution in [3.05, 3.63) is 24.3 Å². The maximum Gasteiger partial charge on any atom is 1.00 e. The van der Waals surface area contributed by atoms with E-state index in [-0.39, 0.29) is 46.7 Å². The molecule has 19 heavy (non-hydrogen) atoms. The second kappa shape index (κ2) is 7.55. The van der Waals surface area contributed by atoms with Crippen LogP contribution in [0.2, 0.25) is 0 Å². The van der Waals surface area contributed by atoms with E-state index in [0.29, 0.717) is 0 Å². The molecule has 0 heterocycles. The summed E-state index contributed by atoms with van der Waals surface area (Å²) in [5.41, 5.74) is 2.23. The fourth-order valence-electron chi connectivity index (χ4n) is 1.14. The van der Waals surface area contributed by atoms with E-state index in [4.69, 9.17) is 0 Å². The number of hydrogen-bond donors (Lipinski definition) is 3. The van der Waals surface area contributed by atoms with Gasteiger partial charge >= 0.3 is 29.6 Å². The maximum absolute atomic E-state index is 11.6. The average molecular weight is 317 g/mol. The molecule has 1 rings (SSSR count). The molecule has 0 fully saturated rings. The van der Waals surface area contributed by atoms with Gasteiger partial charge in [0.25, 0.3) is 0 Å². The molecular weight excluding hydrogens is 305 g/mol. The SMILES string of the molecule is CCNS(=O)(=O)c1cccc(NNS(=O)(=O)[O-])c1.[Na+]. The van der Waals surface area contributed by atoms with Gasteiger partial charge in [0.05, 0.1) is 10.6 Å². The number of nitrogens with one attached hydrogen (secondary N) is 3. The maximum atomic E-state index is 11.6. The molecule has 0 aromatic heterocycles. The van der Waals surface area contributed by atoms with Gasteiger partial charge < -0.3 is 9.98 Å². The number of rotatable bonds is 6. The van der Waals surface area contributed by atoms with Crippen LogP contribution in [0, 0.1) is 0 Å². The Labute approximate surface area is 134 Å². The van der Waals surface area contributed by atoms with Gasteiger partial charge in [-0.25, -0.2) is 21.6 Å². The van der Waals surface area contributed by atoms with Crippen LogP contribution in [0.15, 0.2) is 29.2 Å². The largest absolute Gasteiger partial charge is 1.00 e. The molecule has 0 spiro atoms. The minimum absolute atomic E-state index is 0. The van der Waals surface area contributed by atoms with Crippen molar-refractivity contribution < 1.29 is 50.9 Å². The molecule has 0 aliphatic rings. The average Bonchev–Trinajstić information content (AvgIpc) is 2.26. The summed E-state index contributed by atoms with van der Waals surface area (Å²) in [4.78, 5) is 1.46. The summed E-state index contributed by atoms with van der Waals surface area (Å²) in [5.74, 6) is 0. The van der Waals surface area contributed by atoms with Crippen molar-refractivity contribution in [2.24, 2.45) is 0 Å². The van der Waals surface area contributed by atoms with Crippen LogP contribution in [0.3, 0.4) is 0 Å². The van der Waals surface area contributed by atoms with Crippen LogP contribution in [-0.2, 0) is 20.3 Å². The third-order valence-corrected chi connectivity index (χ3v) is 3.69. The van der Waals surface area contributed by atoms with E-state index in [0.717, 1.165) is 0 Å². The minimum Gasteiger partial charge on any atom is -0.734 e. The molecule has 0 aliphatic carbocycles. The Morgan fingerprint density at radius 1 is 1.21 bits per heavy atom. The Morgan fingerprint density at radius 2 is 1.84 bits per heavy atom. The predicted molar refractivity (Wildman–Crippen MR) is 63.8 cm³/mol. The third-order valence-electron chi connectivity index (χ3n) is 1.80. The number of hydrogen-bond acceptors (Lipinski definition) is 6. The van der Waals surface area contributed by atoms with Crippen molar-refractivity contribution in [1.29, 1.82) is 0 Å². The summed E-state index contributed by atoms with van der Waals surface area (Å²) in [6.07, 6.45) is 0. The predicted octanol–water partition coefficient (Wildman–Crippen LogP) is -3.63. The summed E-state index contributed by atoms with van der Waals surface area (Å²) in [7, 11) is -8.29. The summed E-state index contributed by atoms with van der Waals surface area (Å²) < 4.78 is 56.6. The van der Waals surface area contributed by atoms with Gasteiger partial charge in [0.2, 0.25) is 10.0 Å². The molecule has 0 saturated heterocycles. The van der Waals surface area contributed by atoms with Gasteiger partial charge in [-0.05, 0) is 18.2 Å². The van der Waals surface area contributed by atoms with Crippen molar-refractivity contribution in [1.82, 2.24) is 9.55 Å². The molecule has 11 heteroatoms. The summed E-state index contributed by atoms with van der Waals surface area (Å²) in [6, 6.07) is 5.35. The molecule has 102 valence electrons. The van der Waals surface area contributed by atoms with Crippen molar-refractivity contribution >= 4 is 26.0 Å². The molecule has 1 aromatic rings. The van der Waals surface area contributed by atoms with E-state index in [1.54, 1.807) is 6.92 Å². The Kier molecular flexibility index (Phi) is 7.47. The zero-order valence-electron chi connectivity index (χ0n) is 10.4. The van der Waals surface area contributed by atoms with Gasteiger partial charge in [-0.3, -0.25) is 0 Å². The molecule has 8 nitrogen and oxygen atoms in total. The number of hydrazine groups is 1. The second-order valence-electron chi connectivity index (χ2n) is 3.21. The van der Waals surface area contributed by atoms with Crippen LogP contribution in [0.25, 0.3) is 0 Å². The van der Waals surface area contributed by atoms with Crippen LogP contribution in [0.5, 0.6) is 0 Å². The van der Waals surface area contributed by atoms with Crippen LogP contribution >= 0.6 is 0 Å². The number of anilines is 1. The number of sulfonamides is 1. The van der Waals surface area contributed by atoms with Crippen molar-refractivity contribution in [2.75, 3.05) is 12.0 Å². The zero-order valence-corrected chi connectivity index (χ0v) is 14.0. The monoisotopic (exact) mass is 317 g/mol. The van der Waals surface area contributed by atoms with Crippen LogP contribution in [0.1, 0.15) is 6.92 Å². The molecule has 0 unspecified atom stereocenters. The van der Waals surface area contributed by atoms with Crippen LogP contribution in [-0.4, -0.2) is 27.9 Å². The molecular formula is C8H12N3NaO5S2. The summed E-state index contributed by atoms with van der Waals surface area (Å²) >= 11 is 0. The van der Waals surface area contributed by atoms with E-state index in [1.807, 2.05) is 0 Å². The first kappa shape index (κ1) is 18.8. The third kappa shape index (κ3) is 6.68. The van der Waals surface area contributed by atoms with E-state index < -0.39 is 20.3 Å². The van der Waals surface area contributed by atoms with Gasteiger partial charge in [-0.15, -0.1) is 4.83 Å². The number of benzene rings is 1. The Bertz CT molecular complexity index is 617. The van der Waals surface area contributed by atoms with Gasteiger partial charge in [0, 0.05) is 6.54 Å². The van der Waals surface area contributed by atoms with Gasteiger partial charge in [-0.2, -0.15) is 0 Å². The molecule has 1 aromatic carbocycles. The standard InChI is InChI=1S/C8H13N3O5S2.Na/c1-2-9-17(12,13)8-5-3-4-7(6-8)10-11-18(14,15)16;/h3-6,9-11H,2H2,1H3,(H,14,15,16);/q;+1/p-1. The Hall–Kier alpha value is -0.200. The Balaban J connectivity index is 0.00000324. The summed E-state index contributed by atoms with van der Waals surface area (Å²) in [6.45, 7) is 1.86.